The number of nitrogens with zero attached hydrogens (tertiary/aromatic N) is 3. The van der Waals surface area contributed by atoms with Crippen LogP contribution in [-0.2, 0) is 0 Å². The minimum atomic E-state index is -1.18. The Hall–Kier alpha value is -2.70. The molecule has 0 unspecified atom stereocenters. The largest absolute Gasteiger partial charge is 0.476 e. The molecule has 0 fully saturated rings. The second-order valence-electron chi connectivity index (χ2n) is 3.67. The van der Waals surface area contributed by atoms with Gasteiger partial charge in [-0.1, -0.05) is 12.1 Å². The van der Waals surface area contributed by atoms with Crippen LogP contribution in [0.15, 0.2) is 30.7 Å². The molecular weight excluding hydrogens is 238 g/mol. The van der Waals surface area contributed by atoms with Gasteiger partial charge in [-0.3, -0.25) is 14.7 Å². The number of aromatic nitrogens is 2. The molecule has 2 rings (SSSR count). The summed E-state index contributed by atoms with van der Waals surface area (Å²) in [7, 11) is 0. The summed E-state index contributed by atoms with van der Waals surface area (Å²) in [6.07, 6.45) is 2.48. The van der Waals surface area contributed by atoms with Crippen LogP contribution in [0.2, 0.25) is 0 Å². The predicted octanol–water partition coefficient (Wildman–Crippen LogP) is 1.79. The van der Waals surface area contributed by atoms with Crippen LogP contribution in [0.3, 0.4) is 0 Å². The Balaban J connectivity index is 2.59. The summed E-state index contributed by atoms with van der Waals surface area (Å²) in [6.45, 7) is 1.62. The fourth-order valence-corrected chi connectivity index (χ4v) is 1.65. The van der Waals surface area contributed by atoms with Gasteiger partial charge in [-0.25, -0.2) is 9.78 Å². The monoisotopic (exact) mass is 247 g/mol. The number of benzene rings is 1. The summed E-state index contributed by atoms with van der Waals surface area (Å²) in [5.41, 5.74) is 0.570. The van der Waals surface area contributed by atoms with Crippen LogP contribution >= 0.6 is 0 Å². The average Bonchev–Trinajstić information content (AvgIpc) is 2.77. The van der Waals surface area contributed by atoms with Gasteiger partial charge in [0.1, 0.15) is 12.0 Å². The fourth-order valence-electron chi connectivity index (χ4n) is 1.65. The molecule has 7 heteroatoms. The minimum Gasteiger partial charge on any atom is -0.476 e. The molecule has 92 valence electrons. The van der Waals surface area contributed by atoms with E-state index < -0.39 is 10.9 Å². The first-order valence-corrected chi connectivity index (χ1v) is 5.02. The van der Waals surface area contributed by atoms with Crippen molar-refractivity contribution in [2.45, 2.75) is 6.92 Å². The van der Waals surface area contributed by atoms with Gasteiger partial charge in [0, 0.05) is 11.8 Å². The van der Waals surface area contributed by atoms with Gasteiger partial charge in [0.15, 0.2) is 5.69 Å². The third-order valence-electron chi connectivity index (χ3n) is 2.48. The van der Waals surface area contributed by atoms with Crippen molar-refractivity contribution in [2.24, 2.45) is 0 Å². The number of aromatic carboxylic acids is 1. The van der Waals surface area contributed by atoms with Gasteiger partial charge in [-0.2, -0.15) is 0 Å². The van der Waals surface area contributed by atoms with Gasteiger partial charge in [-0.15, -0.1) is 0 Å². The van der Waals surface area contributed by atoms with Crippen molar-refractivity contribution in [1.82, 2.24) is 9.55 Å². The number of para-hydroxylation sites is 1. The Morgan fingerprint density at radius 1 is 1.50 bits per heavy atom. The topological polar surface area (TPSA) is 98.3 Å². The van der Waals surface area contributed by atoms with Crippen molar-refractivity contribution >= 4 is 11.7 Å². The van der Waals surface area contributed by atoms with Gasteiger partial charge in [0.2, 0.25) is 0 Å². The molecule has 0 saturated carbocycles. The van der Waals surface area contributed by atoms with Crippen LogP contribution in [-0.4, -0.2) is 25.6 Å². The van der Waals surface area contributed by atoms with Gasteiger partial charge >= 0.3 is 5.97 Å². The number of imidazole rings is 1. The SMILES string of the molecule is Cc1cccc(-n2cnc(C(=O)O)c2)c1[N+](=O)[O-]. The van der Waals surface area contributed by atoms with E-state index in [1.54, 1.807) is 25.1 Å². The molecule has 0 radical (unpaired) electrons. The highest BCUT2D eigenvalue weighted by Gasteiger charge is 2.19. The highest BCUT2D eigenvalue weighted by Crippen LogP contribution is 2.26. The number of hydrogen-bond acceptors (Lipinski definition) is 4. The lowest BCUT2D eigenvalue weighted by atomic mass is 10.1. The van der Waals surface area contributed by atoms with Gasteiger partial charge in [0.25, 0.3) is 5.69 Å². The lowest BCUT2D eigenvalue weighted by molar-refractivity contribution is -0.385. The van der Waals surface area contributed by atoms with Crippen LogP contribution in [0.5, 0.6) is 0 Å². The zero-order valence-corrected chi connectivity index (χ0v) is 9.40. The Labute approximate surface area is 101 Å². The van der Waals surface area contributed by atoms with E-state index in [0.717, 1.165) is 0 Å². The molecule has 1 aromatic heterocycles. The maximum Gasteiger partial charge on any atom is 0.356 e. The Bertz CT molecular complexity index is 633. The van der Waals surface area contributed by atoms with Crippen LogP contribution < -0.4 is 0 Å². The Morgan fingerprint density at radius 2 is 2.22 bits per heavy atom. The smallest absolute Gasteiger partial charge is 0.356 e. The van der Waals surface area contributed by atoms with E-state index in [4.69, 9.17) is 5.11 Å². The summed E-state index contributed by atoms with van der Waals surface area (Å²) in [5.74, 6) is -1.18. The molecule has 0 saturated heterocycles. The molecule has 0 aliphatic rings. The Morgan fingerprint density at radius 3 is 2.78 bits per heavy atom. The quantitative estimate of drug-likeness (QED) is 0.658. The highest BCUT2D eigenvalue weighted by atomic mass is 16.6. The number of hydrogen-bond donors (Lipinski definition) is 1. The van der Waals surface area contributed by atoms with Crippen molar-refractivity contribution in [3.8, 4) is 5.69 Å². The third kappa shape index (κ3) is 1.93. The summed E-state index contributed by atoms with van der Waals surface area (Å²) in [5, 5.41) is 19.8. The van der Waals surface area contributed by atoms with E-state index in [0.29, 0.717) is 11.3 Å². The average molecular weight is 247 g/mol. The maximum atomic E-state index is 11.0. The van der Waals surface area contributed by atoms with Crippen molar-refractivity contribution in [3.05, 3.63) is 52.1 Å². The molecule has 1 N–H and O–H groups in total. The second-order valence-corrected chi connectivity index (χ2v) is 3.67. The van der Waals surface area contributed by atoms with E-state index in [9.17, 15) is 14.9 Å². The first kappa shape index (κ1) is 11.8. The lowest BCUT2D eigenvalue weighted by Crippen LogP contribution is -2.00. The van der Waals surface area contributed by atoms with Crippen molar-refractivity contribution in [2.75, 3.05) is 0 Å². The number of nitro groups is 1. The second kappa shape index (κ2) is 4.28. The van der Waals surface area contributed by atoms with Crippen LogP contribution in [0, 0.1) is 17.0 Å². The minimum absolute atomic E-state index is 0.0631. The van der Waals surface area contributed by atoms with Crippen molar-refractivity contribution in [3.63, 3.8) is 0 Å². The van der Waals surface area contributed by atoms with Gasteiger partial charge in [0.05, 0.1) is 4.92 Å². The standard InChI is InChI=1S/C11H9N3O4/c1-7-3-2-4-9(10(7)14(17)18)13-5-8(11(15)16)12-6-13/h2-6H,1H3,(H,15,16). The molecule has 2 aromatic rings. The normalized spacial score (nSPS) is 10.3. The number of carboxylic acid groups (broad SMARTS) is 1. The number of carbonyl (C=O) groups is 1. The number of aryl methyl sites for hydroxylation is 1. The van der Waals surface area contributed by atoms with Crippen molar-refractivity contribution < 1.29 is 14.8 Å². The number of carboxylic acids is 1. The predicted molar refractivity (Wildman–Crippen MR) is 61.9 cm³/mol. The first-order chi connectivity index (χ1) is 8.50. The zero-order valence-electron chi connectivity index (χ0n) is 9.40. The Kier molecular flexibility index (Phi) is 2.80. The van der Waals surface area contributed by atoms with E-state index in [2.05, 4.69) is 4.98 Å². The molecule has 0 atom stereocenters. The lowest BCUT2D eigenvalue weighted by Gasteiger charge is -2.05. The zero-order chi connectivity index (χ0) is 13.3. The van der Waals surface area contributed by atoms with E-state index in [1.807, 2.05) is 0 Å². The fraction of sp³-hybridized carbons (Fsp3) is 0.0909. The van der Waals surface area contributed by atoms with Gasteiger partial charge < -0.3 is 5.11 Å². The molecule has 0 aliphatic heterocycles. The molecule has 7 nitrogen and oxygen atoms in total. The van der Waals surface area contributed by atoms with E-state index >= 15 is 0 Å². The first-order valence-electron chi connectivity index (χ1n) is 5.02. The molecule has 18 heavy (non-hydrogen) atoms. The summed E-state index contributed by atoms with van der Waals surface area (Å²) in [6, 6.07) is 4.83. The molecule has 0 spiro atoms. The molecule has 1 heterocycles. The molecule has 0 amide bonds. The van der Waals surface area contributed by atoms with Crippen LogP contribution in [0.1, 0.15) is 16.1 Å². The number of nitro benzene ring substituents is 1. The van der Waals surface area contributed by atoms with Crippen LogP contribution in [0.4, 0.5) is 5.69 Å². The number of rotatable bonds is 3. The maximum absolute atomic E-state index is 11.0. The summed E-state index contributed by atoms with van der Waals surface area (Å²) >= 11 is 0. The molecule has 0 bridgehead atoms. The third-order valence-corrected chi connectivity index (χ3v) is 2.48. The van der Waals surface area contributed by atoms with E-state index in [-0.39, 0.29) is 11.4 Å². The van der Waals surface area contributed by atoms with Crippen LogP contribution in [0.25, 0.3) is 5.69 Å². The summed E-state index contributed by atoms with van der Waals surface area (Å²) in [4.78, 5) is 24.9. The molecule has 1 aromatic carbocycles. The van der Waals surface area contributed by atoms with E-state index in [1.165, 1.54) is 17.1 Å². The highest BCUT2D eigenvalue weighted by molar-refractivity contribution is 5.85. The van der Waals surface area contributed by atoms with Crippen molar-refractivity contribution in [1.29, 1.82) is 0 Å². The summed E-state index contributed by atoms with van der Waals surface area (Å²) < 4.78 is 1.33. The molecular formula is C11H9N3O4. The van der Waals surface area contributed by atoms with Gasteiger partial charge in [-0.05, 0) is 13.0 Å². The molecule has 0 aliphatic carbocycles.